The number of hydrazone groups is 1. The van der Waals surface area contributed by atoms with Gasteiger partial charge in [0.2, 0.25) is 0 Å². The number of hydrogen-bond acceptors (Lipinski definition) is 4. The van der Waals surface area contributed by atoms with E-state index in [4.69, 9.17) is 4.74 Å². The summed E-state index contributed by atoms with van der Waals surface area (Å²) in [6, 6.07) is 18.2. The molecule has 1 atom stereocenters. The van der Waals surface area contributed by atoms with Crippen LogP contribution in [0, 0.1) is 12.8 Å². The zero-order valence-corrected chi connectivity index (χ0v) is 18.2. The lowest BCUT2D eigenvalue weighted by Gasteiger charge is -2.20. The number of rotatable bonds is 7. The molecule has 1 unspecified atom stereocenters. The highest BCUT2D eigenvalue weighted by Gasteiger charge is 2.24. The number of methoxy groups -OCH3 is 1. The van der Waals surface area contributed by atoms with Crippen LogP contribution in [0.1, 0.15) is 35.3 Å². The highest BCUT2D eigenvalue weighted by Crippen LogP contribution is 2.26. The van der Waals surface area contributed by atoms with Crippen LogP contribution in [0.4, 0.5) is 0 Å². The van der Waals surface area contributed by atoms with Crippen molar-refractivity contribution >= 4 is 28.8 Å². The van der Waals surface area contributed by atoms with Crippen LogP contribution in [0.2, 0.25) is 0 Å². The third kappa shape index (κ3) is 5.28. The summed E-state index contributed by atoms with van der Waals surface area (Å²) < 4.78 is 5.45. The van der Waals surface area contributed by atoms with Crippen molar-refractivity contribution in [1.82, 2.24) is 10.7 Å². The predicted molar refractivity (Wildman–Crippen MR) is 124 cm³/mol. The van der Waals surface area contributed by atoms with Gasteiger partial charge in [0.25, 0.3) is 11.8 Å². The van der Waals surface area contributed by atoms with Gasteiger partial charge in [-0.25, -0.2) is 5.43 Å². The molecule has 2 N–H and O–H groups in total. The van der Waals surface area contributed by atoms with Gasteiger partial charge in [-0.2, -0.15) is 5.10 Å². The number of benzene rings is 3. The Hall–Kier alpha value is -3.67. The van der Waals surface area contributed by atoms with E-state index in [1.165, 1.54) is 0 Å². The molecule has 0 aliphatic heterocycles. The SMILES string of the molecule is COc1ccc2ccccc2c1/C=N/NC(=O)C(NC(=O)c1ccc(C)cc1)C(C)C. The number of aryl methyl sites for hydroxylation is 1. The Morgan fingerprint density at radius 3 is 2.39 bits per heavy atom. The Labute approximate surface area is 182 Å². The third-order valence-corrected chi connectivity index (χ3v) is 5.07. The summed E-state index contributed by atoms with van der Waals surface area (Å²) in [7, 11) is 1.59. The smallest absolute Gasteiger partial charge is 0.262 e. The Bertz CT molecular complexity index is 1100. The van der Waals surface area contributed by atoms with Gasteiger partial charge < -0.3 is 10.1 Å². The molecular weight excluding hydrogens is 390 g/mol. The van der Waals surface area contributed by atoms with E-state index in [-0.39, 0.29) is 17.7 Å². The lowest BCUT2D eigenvalue weighted by atomic mass is 10.0. The van der Waals surface area contributed by atoms with E-state index in [1.54, 1.807) is 25.5 Å². The first kappa shape index (κ1) is 22.0. The highest BCUT2D eigenvalue weighted by atomic mass is 16.5. The lowest BCUT2D eigenvalue weighted by Crippen LogP contribution is -2.48. The lowest BCUT2D eigenvalue weighted by molar-refractivity contribution is -0.123. The molecule has 0 aromatic heterocycles. The van der Waals surface area contributed by atoms with E-state index in [9.17, 15) is 9.59 Å². The summed E-state index contributed by atoms with van der Waals surface area (Å²) in [4.78, 5) is 25.3. The van der Waals surface area contributed by atoms with Crippen molar-refractivity contribution in [1.29, 1.82) is 0 Å². The van der Waals surface area contributed by atoms with Gasteiger partial charge in [0.1, 0.15) is 11.8 Å². The van der Waals surface area contributed by atoms with Crippen LogP contribution in [0.15, 0.2) is 65.8 Å². The molecule has 6 heteroatoms. The number of fused-ring (bicyclic) bond motifs is 1. The molecule has 0 aliphatic rings. The maximum Gasteiger partial charge on any atom is 0.262 e. The standard InChI is InChI=1S/C25H27N3O3/c1-16(2)23(27-24(29)19-11-9-17(3)10-12-19)25(30)28-26-15-21-20-8-6-5-7-18(20)13-14-22(21)31-4/h5-16,23H,1-4H3,(H,27,29)(H,28,30)/b26-15+. The summed E-state index contributed by atoms with van der Waals surface area (Å²) in [6.07, 6.45) is 1.57. The molecule has 160 valence electrons. The maximum atomic E-state index is 12.7. The average molecular weight is 418 g/mol. The zero-order chi connectivity index (χ0) is 22.4. The van der Waals surface area contributed by atoms with Crippen molar-refractivity contribution in [2.24, 2.45) is 11.0 Å². The van der Waals surface area contributed by atoms with Crippen molar-refractivity contribution in [2.45, 2.75) is 26.8 Å². The van der Waals surface area contributed by atoms with E-state index >= 15 is 0 Å². The van der Waals surface area contributed by atoms with E-state index < -0.39 is 6.04 Å². The van der Waals surface area contributed by atoms with Crippen LogP contribution in [-0.4, -0.2) is 31.2 Å². The average Bonchev–Trinajstić information content (AvgIpc) is 2.77. The van der Waals surface area contributed by atoms with Gasteiger partial charge in [-0.05, 0) is 41.8 Å². The molecule has 0 fully saturated rings. The van der Waals surface area contributed by atoms with Crippen LogP contribution in [0.5, 0.6) is 5.75 Å². The number of nitrogens with one attached hydrogen (secondary N) is 2. The number of nitrogens with zero attached hydrogens (tertiary/aromatic N) is 1. The van der Waals surface area contributed by atoms with Gasteiger partial charge in [0.15, 0.2) is 0 Å². The normalized spacial score (nSPS) is 12.2. The Kier molecular flexibility index (Phi) is 7.03. The van der Waals surface area contributed by atoms with Crippen molar-refractivity contribution in [3.8, 4) is 5.75 Å². The molecule has 3 aromatic carbocycles. The van der Waals surface area contributed by atoms with Gasteiger partial charge in [-0.3, -0.25) is 9.59 Å². The number of carbonyl (C=O) groups excluding carboxylic acids is 2. The second kappa shape index (κ2) is 9.89. The van der Waals surface area contributed by atoms with Crippen LogP contribution >= 0.6 is 0 Å². The maximum absolute atomic E-state index is 12.7. The summed E-state index contributed by atoms with van der Waals surface area (Å²) in [5, 5.41) is 8.95. The van der Waals surface area contributed by atoms with Gasteiger partial charge >= 0.3 is 0 Å². The molecular formula is C25H27N3O3. The van der Waals surface area contributed by atoms with Crippen LogP contribution in [-0.2, 0) is 4.79 Å². The van der Waals surface area contributed by atoms with Gasteiger partial charge in [-0.1, -0.05) is 61.9 Å². The fourth-order valence-corrected chi connectivity index (χ4v) is 3.28. The molecule has 0 heterocycles. The second-order valence-corrected chi connectivity index (χ2v) is 7.70. The third-order valence-electron chi connectivity index (χ3n) is 5.07. The monoisotopic (exact) mass is 417 g/mol. The van der Waals surface area contributed by atoms with E-state index in [1.807, 2.05) is 69.3 Å². The van der Waals surface area contributed by atoms with Gasteiger partial charge in [0, 0.05) is 11.1 Å². The van der Waals surface area contributed by atoms with Crippen LogP contribution in [0.3, 0.4) is 0 Å². The first-order valence-corrected chi connectivity index (χ1v) is 10.2. The molecule has 0 saturated heterocycles. The van der Waals surface area contributed by atoms with Crippen LogP contribution in [0.25, 0.3) is 10.8 Å². The van der Waals surface area contributed by atoms with Crippen molar-refractivity contribution in [3.63, 3.8) is 0 Å². The Morgan fingerprint density at radius 2 is 1.71 bits per heavy atom. The largest absolute Gasteiger partial charge is 0.496 e. The van der Waals surface area contributed by atoms with Crippen molar-refractivity contribution in [3.05, 3.63) is 77.4 Å². The minimum Gasteiger partial charge on any atom is -0.496 e. The molecule has 0 bridgehead atoms. The van der Waals surface area contributed by atoms with Crippen molar-refractivity contribution in [2.75, 3.05) is 7.11 Å². The van der Waals surface area contributed by atoms with Crippen molar-refractivity contribution < 1.29 is 14.3 Å². The minimum atomic E-state index is -0.722. The second-order valence-electron chi connectivity index (χ2n) is 7.70. The number of carbonyl (C=O) groups is 2. The summed E-state index contributed by atoms with van der Waals surface area (Å²) in [5.41, 5.74) is 4.89. The first-order chi connectivity index (χ1) is 14.9. The van der Waals surface area contributed by atoms with Gasteiger partial charge in [-0.15, -0.1) is 0 Å². The van der Waals surface area contributed by atoms with E-state index in [2.05, 4.69) is 15.8 Å². The van der Waals surface area contributed by atoms with E-state index in [0.29, 0.717) is 11.3 Å². The molecule has 0 aliphatic carbocycles. The number of hydrogen-bond donors (Lipinski definition) is 2. The summed E-state index contributed by atoms with van der Waals surface area (Å²) in [5.74, 6) is -0.138. The highest BCUT2D eigenvalue weighted by molar-refractivity contribution is 6.03. The molecule has 2 amide bonds. The molecule has 0 radical (unpaired) electrons. The molecule has 0 saturated carbocycles. The summed E-state index contributed by atoms with van der Waals surface area (Å²) in [6.45, 7) is 5.70. The fraction of sp³-hybridized carbons (Fsp3) is 0.240. The first-order valence-electron chi connectivity index (χ1n) is 10.2. The van der Waals surface area contributed by atoms with Gasteiger partial charge in [0.05, 0.1) is 13.3 Å². The molecule has 0 spiro atoms. The molecule has 6 nitrogen and oxygen atoms in total. The Morgan fingerprint density at radius 1 is 1.00 bits per heavy atom. The van der Waals surface area contributed by atoms with Crippen LogP contribution < -0.4 is 15.5 Å². The fourth-order valence-electron chi connectivity index (χ4n) is 3.28. The number of ether oxygens (including phenoxy) is 1. The van der Waals surface area contributed by atoms with E-state index in [0.717, 1.165) is 21.9 Å². The Balaban J connectivity index is 1.75. The molecule has 3 rings (SSSR count). The number of amides is 2. The summed E-state index contributed by atoms with van der Waals surface area (Å²) >= 11 is 0. The topological polar surface area (TPSA) is 79.8 Å². The molecule has 31 heavy (non-hydrogen) atoms. The molecule has 3 aromatic rings. The minimum absolute atomic E-state index is 0.114. The quantitative estimate of drug-likeness (QED) is 0.449. The zero-order valence-electron chi connectivity index (χ0n) is 18.2. The predicted octanol–water partition coefficient (Wildman–Crippen LogP) is 4.06.